The number of likely N-dealkylation sites (tertiary alicyclic amines) is 1. The first-order valence-electron chi connectivity index (χ1n) is 10.0. The highest BCUT2D eigenvalue weighted by Gasteiger charge is 2.36. The van der Waals surface area contributed by atoms with Gasteiger partial charge in [-0.05, 0) is 63.4 Å². The summed E-state index contributed by atoms with van der Waals surface area (Å²) in [5, 5.41) is 15.5. The number of nitrogens with one attached hydrogen (secondary N) is 2. The van der Waals surface area contributed by atoms with E-state index < -0.39 is 29.7 Å². The van der Waals surface area contributed by atoms with Crippen molar-refractivity contribution in [1.82, 2.24) is 10.2 Å². The number of hydrogen-bond acceptors (Lipinski definition) is 4. The number of aliphatic carboxylic acids is 1. The Labute approximate surface area is 177 Å². The van der Waals surface area contributed by atoms with Crippen molar-refractivity contribution in [2.45, 2.75) is 50.4 Å². The second-order valence-corrected chi connectivity index (χ2v) is 8.29. The van der Waals surface area contributed by atoms with Gasteiger partial charge in [-0.2, -0.15) is 13.2 Å². The van der Waals surface area contributed by atoms with Gasteiger partial charge < -0.3 is 20.6 Å². The number of carboxylic acids is 1. The van der Waals surface area contributed by atoms with E-state index in [9.17, 15) is 27.9 Å². The van der Waals surface area contributed by atoms with E-state index in [-0.39, 0.29) is 22.7 Å². The summed E-state index contributed by atoms with van der Waals surface area (Å²) in [5.41, 5.74) is -0.745. The van der Waals surface area contributed by atoms with Gasteiger partial charge in [-0.1, -0.05) is 11.6 Å². The Kier molecular flexibility index (Phi) is 7.13. The minimum Gasteiger partial charge on any atom is -0.481 e. The van der Waals surface area contributed by atoms with E-state index in [4.69, 9.17) is 11.6 Å². The molecule has 166 valence electrons. The third-order valence-electron chi connectivity index (χ3n) is 5.71. The monoisotopic (exact) mass is 447 g/mol. The van der Waals surface area contributed by atoms with Crippen LogP contribution in [0.15, 0.2) is 18.2 Å². The van der Waals surface area contributed by atoms with Gasteiger partial charge in [-0.15, -0.1) is 0 Å². The van der Waals surface area contributed by atoms with Crippen LogP contribution in [-0.4, -0.2) is 53.6 Å². The topological polar surface area (TPSA) is 81.7 Å². The predicted molar refractivity (Wildman–Crippen MR) is 106 cm³/mol. The van der Waals surface area contributed by atoms with Crippen LogP contribution < -0.4 is 10.6 Å². The van der Waals surface area contributed by atoms with Crippen LogP contribution in [0.25, 0.3) is 0 Å². The van der Waals surface area contributed by atoms with Crippen molar-refractivity contribution in [3.63, 3.8) is 0 Å². The molecule has 3 rings (SSSR count). The van der Waals surface area contributed by atoms with Gasteiger partial charge in [0.25, 0.3) is 0 Å². The molecule has 6 nitrogen and oxygen atoms in total. The molecule has 0 bridgehead atoms. The third kappa shape index (κ3) is 5.57. The maximum absolute atomic E-state index is 13.1. The summed E-state index contributed by atoms with van der Waals surface area (Å²) in [7, 11) is 0. The molecule has 0 aliphatic carbocycles. The Morgan fingerprint density at radius 1 is 1.20 bits per heavy atom. The summed E-state index contributed by atoms with van der Waals surface area (Å²) in [6, 6.07) is 2.25. The quantitative estimate of drug-likeness (QED) is 0.657. The fourth-order valence-electron chi connectivity index (χ4n) is 4.18. The molecular formula is C20H25ClF3N3O3. The molecule has 0 aromatic heterocycles. The number of amides is 1. The number of halogens is 4. The van der Waals surface area contributed by atoms with Crippen molar-refractivity contribution in [3.05, 3.63) is 28.8 Å². The highest BCUT2D eigenvalue weighted by molar-refractivity contribution is 6.31. The van der Waals surface area contributed by atoms with E-state index in [2.05, 4.69) is 10.6 Å². The first kappa shape index (κ1) is 22.7. The fraction of sp³-hybridized carbons (Fsp3) is 0.600. The van der Waals surface area contributed by atoms with Gasteiger partial charge in [-0.25, -0.2) is 0 Å². The number of anilines is 1. The zero-order valence-corrected chi connectivity index (χ0v) is 17.1. The van der Waals surface area contributed by atoms with Crippen LogP contribution in [0.5, 0.6) is 0 Å². The Hall–Kier alpha value is -2.00. The van der Waals surface area contributed by atoms with Crippen LogP contribution in [-0.2, 0) is 15.8 Å². The number of benzene rings is 1. The first-order valence-corrected chi connectivity index (χ1v) is 10.4. The van der Waals surface area contributed by atoms with Gasteiger partial charge in [0, 0.05) is 23.3 Å². The lowest BCUT2D eigenvalue weighted by molar-refractivity contribution is -0.145. The second kappa shape index (κ2) is 9.43. The van der Waals surface area contributed by atoms with Crippen molar-refractivity contribution in [2.75, 3.05) is 25.0 Å². The van der Waals surface area contributed by atoms with E-state index in [0.717, 1.165) is 12.1 Å². The molecule has 0 spiro atoms. The fourth-order valence-corrected chi connectivity index (χ4v) is 4.41. The summed E-state index contributed by atoms with van der Waals surface area (Å²) in [6.45, 7) is 1.82. The number of carboxylic acid groups (broad SMARTS) is 1. The van der Waals surface area contributed by atoms with E-state index >= 15 is 0 Å². The van der Waals surface area contributed by atoms with Crippen LogP contribution in [0.1, 0.15) is 37.7 Å². The van der Waals surface area contributed by atoms with Crippen LogP contribution in [0.2, 0.25) is 5.02 Å². The number of hydrogen-bond donors (Lipinski definition) is 3. The smallest absolute Gasteiger partial charge is 0.416 e. The molecule has 0 saturated carbocycles. The number of carbonyl (C=O) groups is 2. The number of alkyl halides is 3. The largest absolute Gasteiger partial charge is 0.481 e. The summed E-state index contributed by atoms with van der Waals surface area (Å²) in [5.74, 6) is -1.63. The Morgan fingerprint density at radius 3 is 2.63 bits per heavy atom. The molecular weight excluding hydrogens is 423 g/mol. The number of rotatable bonds is 4. The minimum absolute atomic E-state index is 0.0668. The van der Waals surface area contributed by atoms with Crippen molar-refractivity contribution in [1.29, 1.82) is 0 Å². The molecule has 1 amide bonds. The molecule has 1 aromatic rings. The van der Waals surface area contributed by atoms with E-state index in [0.29, 0.717) is 51.7 Å². The lowest BCUT2D eigenvalue weighted by atomic mass is 9.90. The second-order valence-electron chi connectivity index (χ2n) is 7.85. The summed E-state index contributed by atoms with van der Waals surface area (Å²) < 4.78 is 39.2. The number of carbonyl (C=O) groups excluding carboxylic acids is 1. The van der Waals surface area contributed by atoms with Gasteiger partial charge >= 0.3 is 12.1 Å². The van der Waals surface area contributed by atoms with Gasteiger partial charge in [0.15, 0.2) is 0 Å². The first-order chi connectivity index (χ1) is 14.1. The van der Waals surface area contributed by atoms with E-state index in [1.807, 2.05) is 0 Å². The van der Waals surface area contributed by atoms with Crippen LogP contribution >= 0.6 is 11.6 Å². The van der Waals surface area contributed by atoms with Gasteiger partial charge in [0.2, 0.25) is 5.91 Å². The normalized spacial score (nSPS) is 26.1. The van der Waals surface area contributed by atoms with E-state index in [1.54, 1.807) is 4.90 Å². The van der Waals surface area contributed by atoms with E-state index in [1.165, 1.54) is 6.07 Å². The van der Waals surface area contributed by atoms with Crippen LogP contribution in [0.3, 0.4) is 0 Å². The minimum atomic E-state index is -4.54. The maximum Gasteiger partial charge on any atom is 0.416 e. The summed E-state index contributed by atoms with van der Waals surface area (Å²) in [6.07, 6.45) is -1.86. The molecule has 2 aliphatic heterocycles. The molecule has 2 fully saturated rings. The average Bonchev–Trinajstić information content (AvgIpc) is 2.62. The summed E-state index contributed by atoms with van der Waals surface area (Å²) in [4.78, 5) is 26.3. The molecule has 30 heavy (non-hydrogen) atoms. The third-order valence-corrected chi connectivity index (χ3v) is 5.93. The SMILES string of the molecule is O=C(O)[C@H]1CCNCCC(N2CCC[C@@H](Nc3cc(Cl)cc(C(F)(F)F)c3)C2=O)C1. The molecule has 2 aliphatic rings. The number of piperidine rings is 1. The zero-order valence-electron chi connectivity index (χ0n) is 16.3. The van der Waals surface area contributed by atoms with Crippen molar-refractivity contribution in [3.8, 4) is 0 Å². The lowest BCUT2D eigenvalue weighted by Crippen LogP contribution is -2.53. The predicted octanol–water partition coefficient (Wildman–Crippen LogP) is 3.60. The molecule has 10 heteroatoms. The standard InChI is InChI=1S/C20H25ClF3N3O3/c21-14-9-13(20(22,23)24)10-15(11-14)26-17-2-1-7-27(18(17)28)16-4-6-25-5-3-12(8-16)19(29)30/h9-12,16-17,25-26H,1-8H2,(H,29,30)/t12-,16?,17+/m0/s1. The lowest BCUT2D eigenvalue weighted by Gasteiger charge is -2.40. The highest BCUT2D eigenvalue weighted by Crippen LogP contribution is 2.34. The van der Waals surface area contributed by atoms with Crippen molar-refractivity contribution < 1.29 is 27.9 Å². The Bertz CT molecular complexity index is 790. The van der Waals surface area contributed by atoms with Gasteiger partial charge in [-0.3, -0.25) is 9.59 Å². The number of nitrogens with zero attached hydrogens (tertiary/aromatic N) is 1. The molecule has 1 aromatic carbocycles. The zero-order chi connectivity index (χ0) is 21.9. The molecule has 3 N–H and O–H groups in total. The summed E-state index contributed by atoms with van der Waals surface area (Å²) >= 11 is 5.84. The van der Waals surface area contributed by atoms with Crippen LogP contribution in [0, 0.1) is 5.92 Å². The molecule has 2 saturated heterocycles. The average molecular weight is 448 g/mol. The molecule has 2 heterocycles. The van der Waals surface area contributed by atoms with Crippen LogP contribution in [0.4, 0.5) is 18.9 Å². The maximum atomic E-state index is 13.1. The van der Waals surface area contributed by atoms with Gasteiger partial charge in [0.1, 0.15) is 6.04 Å². The Morgan fingerprint density at radius 2 is 1.93 bits per heavy atom. The Balaban J connectivity index is 1.75. The van der Waals surface area contributed by atoms with Crippen molar-refractivity contribution in [2.24, 2.45) is 5.92 Å². The van der Waals surface area contributed by atoms with Crippen molar-refractivity contribution >= 4 is 29.2 Å². The molecule has 1 unspecified atom stereocenters. The highest BCUT2D eigenvalue weighted by atomic mass is 35.5. The van der Waals surface area contributed by atoms with Gasteiger partial charge in [0.05, 0.1) is 11.5 Å². The molecule has 3 atom stereocenters. The molecule has 0 radical (unpaired) electrons.